The second-order valence-electron chi connectivity index (χ2n) is 6.83. The van der Waals surface area contributed by atoms with E-state index in [4.69, 9.17) is 4.98 Å². The van der Waals surface area contributed by atoms with Gasteiger partial charge in [-0.1, -0.05) is 61.5 Å². The van der Waals surface area contributed by atoms with E-state index in [1.165, 1.54) is 5.56 Å². The third kappa shape index (κ3) is 3.27. The van der Waals surface area contributed by atoms with E-state index in [1.54, 1.807) is 6.07 Å². The summed E-state index contributed by atoms with van der Waals surface area (Å²) < 4.78 is 2.02. The molecule has 28 heavy (non-hydrogen) atoms. The molecule has 2 aromatic carbocycles. The Kier molecular flexibility index (Phi) is 4.65. The number of aromatic carboxylic acids is 1. The maximum atomic E-state index is 11.4. The van der Waals surface area contributed by atoms with Gasteiger partial charge in [0.05, 0.1) is 6.54 Å². The van der Waals surface area contributed by atoms with Crippen molar-refractivity contribution in [2.24, 2.45) is 0 Å². The van der Waals surface area contributed by atoms with Gasteiger partial charge in [0.1, 0.15) is 11.3 Å². The minimum absolute atomic E-state index is 0.0493. The molecule has 1 N–H and O–H groups in total. The quantitative estimate of drug-likeness (QED) is 0.551. The summed E-state index contributed by atoms with van der Waals surface area (Å²) in [4.78, 5) is 20.5. The lowest BCUT2D eigenvalue weighted by Crippen LogP contribution is -2.07. The monoisotopic (exact) mass is 371 g/mol. The molecule has 0 aliphatic heterocycles. The number of rotatable bonds is 5. The second-order valence-corrected chi connectivity index (χ2v) is 6.83. The number of carboxylic acid groups (broad SMARTS) is 1. The fourth-order valence-electron chi connectivity index (χ4n) is 3.45. The molecule has 0 spiro atoms. The van der Waals surface area contributed by atoms with Crippen LogP contribution in [0, 0.1) is 6.92 Å². The molecule has 2 aromatic heterocycles. The van der Waals surface area contributed by atoms with Gasteiger partial charge in [-0.25, -0.2) is 14.8 Å². The Morgan fingerprint density at radius 2 is 1.68 bits per heavy atom. The predicted octanol–water partition coefficient (Wildman–Crippen LogP) is 4.72. The molecule has 0 amide bonds. The molecule has 5 heteroatoms. The van der Waals surface area contributed by atoms with Gasteiger partial charge in [0.2, 0.25) is 0 Å². The van der Waals surface area contributed by atoms with Crippen molar-refractivity contribution < 1.29 is 9.90 Å². The Bertz CT molecular complexity index is 1150. The molecule has 0 aliphatic carbocycles. The van der Waals surface area contributed by atoms with Crippen LogP contribution in [0.2, 0.25) is 0 Å². The first kappa shape index (κ1) is 17.9. The number of aromatic nitrogens is 3. The van der Waals surface area contributed by atoms with Gasteiger partial charge in [-0.3, -0.25) is 0 Å². The third-order valence-corrected chi connectivity index (χ3v) is 4.91. The first-order chi connectivity index (χ1) is 13.6. The zero-order chi connectivity index (χ0) is 19.7. The molecule has 0 fully saturated rings. The van der Waals surface area contributed by atoms with E-state index < -0.39 is 5.97 Å². The number of aryl methyl sites for hydroxylation is 2. The number of benzene rings is 2. The predicted molar refractivity (Wildman–Crippen MR) is 110 cm³/mol. The van der Waals surface area contributed by atoms with Crippen molar-refractivity contribution in [2.75, 3.05) is 0 Å². The van der Waals surface area contributed by atoms with Crippen molar-refractivity contribution in [2.45, 2.75) is 26.8 Å². The molecule has 0 saturated heterocycles. The summed E-state index contributed by atoms with van der Waals surface area (Å²) in [5.41, 5.74) is 5.74. The number of imidazole rings is 1. The Morgan fingerprint density at radius 1 is 1.00 bits per heavy atom. The van der Waals surface area contributed by atoms with E-state index in [2.05, 4.69) is 41.4 Å². The minimum atomic E-state index is -1.02. The van der Waals surface area contributed by atoms with E-state index in [1.807, 2.05) is 36.6 Å². The van der Waals surface area contributed by atoms with Gasteiger partial charge in [-0.15, -0.1) is 0 Å². The van der Waals surface area contributed by atoms with Crippen LogP contribution in [0.4, 0.5) is 0 Å². The number of hydrogen-bond acceptors (Lipinski definition) is 3. The Balaban J connectivity index is 1.73. The average Bonchev–Trinajstić information content (AvgIpc) is 3.07. The van der Waals surface area contributed by atoms with Crippen LogP contribution < -0.4 is 0 Å². The molecule has 0 unspecified atom stereocenters. The van der Waals surface area contributed by atoms with Crippen LogP contribution in [0.15, 0.2) is 60.7 Å². The Hall–Kier alpha value is -3.47. The summed E-state index contributed by atoms with van der Waals surface area (Å²) >= 11 is 0. The van der Waals surface area contributed by atoms with Crippen LogP contribution in [-0.2, 0) is 13.0 Å². The lowest BCUT2D eigenvalue weighted by Gasteiger charge is -2.09. The van der Waals surface area contributed by atoms with Crippen molar-refractivity contribution in [1.82, 2.24) is 14.5 Å². The highest BCUT2D eigenvalue weighted by Crippen LogP contribution is 2.23. The third-order valence-electron chi connectivity index (χ3n) is 4.91. The van der Waals surface area contributed by atoms with Gasteiger partial charge in [0, 0.05) is 6.42 Å². The molecule has 2 heterocycles. The molecule has 140 valence electrons. The van der Waals surface area contributed by atoms with Crippen LogP contribution in [-0.4, -0.2) is 25.6 Å². The summed E-state index contributed by atoms with van der Waals surface area (Å²) in [5.74, 6) is -0.122. The Labute approximate surface area is 163 Å². The Morgan fingerprint density at radius 3 is 2.32 bits per heavy atom. The first-order valence-electron chi connectivity index (χ1n) is 9.31. The van der Waals surface area contributed by atoms with Crippen LogP contribution >= 0.6 is 0 Å². The van der Waals surface area contributed by atoms with Crippen LogP contribution in [0.3, 0.4) is 0 Å². The summed E-state index contributed by atoms with van der Waals surface area (Å²) in [6, 6.07) is 20.2. The molecule has 0 atom stereocenters. The second kappa shape index (κ2) is 7.27. The maximum absolute atomic E-state index is 11.4. The highest BCUT2D eigenvalue weighted by atomic mass is 16.4. The molecular formula is C23H21N3O2. The fraction of sp³-hybridized carbons (Fsp3) is 0.174. The van der Waals surface area contributed by atoms with Crippen LogP contribution in [0.1, 0.15) is 34.4 Å². The van der Waals surface area contributed by atoms with Gasteiger partial charge < -0.3 is 9.67 Å². The molecule has 4 aromatic rings. The largest absolute Gasteiger partial charge is 0.477 e. The number of hydrogen-bond donors (Lipinski definition) is 1. The van der Waals surface area contributed by atoms with Crippen LogP contribution in [0.5, 0.6) is 0 Å². The molecule has 5 nitrogen and oxygen atoms in total. The highest BCUT2D eigenvalue weighted by Gasteiger charge is 2.16. The van der Waals surface area contributed by atoms with Gasteiger partial charge in [-0.05, 0) is 35.2 Å². The highest BCUT2D eigenvalue weighted by molar-refractivity contribution is 5.89. The average molecular weight is 371 g/mol. The topological polar surface area (TPSA) is 68.0 Å². The van der Waals surface area contributed by atoms with E-state index >= 15 is 0 Å². The molecule has 4 rings (SSSR count). The summed E-state index contributed by atoms with van der Waals surface area (Å²) in [7, 11) is 0. The van der Waals surface area contributed by atoms with E-state index in [0.717, 1.165) is 34.5 Å². The van der Waals surface area contributed by atoms with Gasteiger partial charge >= 0.3 is 5.97 Å². The van der Waals surface area contributed by atoms with Crippen molar-refractivity contribution in [3.8, 4) is 11.1 Å². The summed E-state index contributed by atoms with van der Waals surface area (Å²) in [6.45, 7) is 4.52. The summed E-state index contributed by atoms with van der Waals surface area (Å²) in [5, 5.41) is 9.36. The first-order valence-corrected chi connectivity index (χ1v) is 9.31. The van der Waals surface area contributed by atoms with Gasteiger partial charge in [0.15, 0.2) is 11.3 Å². The number of nitrogens with zero attached hydrogens (tertiary/aromatic N) is 3. The number of fused-ring (bicyclic) bond motifs is 1. The molecule has 0 saturated carbocycles. The van der Waals surface area contributed by atoms with Gasteiger partial charge in [-0.2, -0.15) is 0 Å². The normalized spacial score (nSPS) is 11.1. The van der Waals surface area contributed by atoms with Crippen molar-refractivity contribution in [1.29, 1.82) is 0 Å². The number of pyridine rings is 1. The minimum Gasteiger partial charge on any atom is -0.477 e. The number of carboxylic acids is 1. The molecule has 0 aliphatic rings. The van der Waals surface area contributed by atoms with E-state index in [9.17, 15) is 9.90 Å². The zero-order valence-electron chi connectivity index (χ0n) is 15.9. The van der Waals surface area contributed by atoms with E-state index in [-0.39, 0.29) is 5.69 Å². The molecule has 0 bridgehead atoms. The zero-order valence-corrected chi connectivity index (χ0v) is 15.9. The standard InChI is InChI=1S/C23H21N3O2/c1-3-20-25-21-15(2)13-19(23(27)28)24-22(21)26(20)14-16-9-11-18(12-10-16)17-7-5-4-6-8-17/h4-13H,3,14H2,1-2H3,(H,27,28). The lowest BCUT2D eigenvalue weighted by atomic mass is 10.0. The summed E-state index contributed by atoms with van der Waals surface area (Å²) in [6.07, 6.45) is 0.750. The molecule has 0 radical (unpaired) electrons. The van der Waals surface area contributed by atoms with Crippen molar-refractivity contribution >= 4 is 17.1 Å². The van der Waals surface area contributed by atoms with E-state index in [0.29, 0.717) is 12.2 Å². The smallest absolute Gasteiger partial charge is 0.354 e. The lowest BCUT2D eigenvalue weighted by molar-refractivity contribution is 0.0690. The van der Waals surface area contributed by atoms with Crippen LogP contribution in [0.25, 0.3) is 22.3 Å². The molecular weight excluding hydrogens is 350 g/mol. The SMILES string of the molecule is CCc1nc2c(C)cc(C(=O)O)nc2n1Cc1ccc(-c2ccccc2)cc1. The van der Waals surface area contributed by atoms with Gasteiger partial charge in [0.25, 0.3) is 0 Å². The van der Waals surface area contributed by atoms with Crippen molar-refractivity contribution in [3.05, 3.63) is 83.3 Å². The maximum Gasteiger partial charge on any atom is 0.354 e. The number of carbonyl (C=O) groups is 1. The van der Waals surface area contributed by atoms with Crippen molar-refractivity contribution in [3.63, 3.8) is 0 Å². The fourth-order valence-corrected chi connectivity index (χ4v) is 3.45.